The number of carboxylic acids is 1. The van der Waals surface area contributed by atoms with Crippen LogP contribution in [0.2, 0.25) is 0 Å². The molecule has 2 aromatic carbocycles. The third-order valence-corrected chi connectivity index (χ3v) is 6.40. The summed E-state index contributed by atoms with van der Waals surface area (Å²) in [7, 11) is 1.60. The van der Waals surface area contributed by atoms with Crippen LogP contribution in [0.1, 0.15) is 39.8 Å². The Kier molecular flexibility index (Phi) is 11.0. The zero-order valence-electron chi connectivity index (χ0n) is 18.6. The summed E-state index contributed by atoms with van der Waals surface area (Å²) in [6.07, 6.45) is 1.78. The average Bonchev–Trinajstić information content (AvgIpc) is 3.22. The number of hydrogen-bond donors (Lipinski definition) is 2. The zero-order valence-corrected chi connectivity index (χ0v) is 21.0. The topological polar surface area (TPSA) is 88.8 Å². The molecule has 34 heavy (non-hydrogen) atoms. The average molecular weight is 540 g/mol. The standard InChI is InChI=1S/C25H26BrNO5S.Li.H/c1-15-6-4-5-7-17(15)19-14-16(23(31-2)21-10-11-22(26)32-21)8-9-18(19)24(28)27-20(25(29)30)12-13-33-3;;/h4-11,14,20,23H,12-13H2,1-3H3,(H,27,28)(H,29,30);;. The molecular weight excluding hydrogens is 513 g/mol. The van der Waals surface area contributed by atoms with Gasteiger partial charge < -0.3 is 19.6 Å². The van der Waals surface area contributed by atoms with Crippen LogP contribution in [0.25, 0.3) is 11.1 Å². The number of ether oxygens (including phenoxy) is 1. The van der Waals surface area contributed by atoms with Crippen molar-refractivity contribution in [3.05, 3.63) is 81.7 Å². The van der Waals surface area contributed by atoms with Crippen molar-refractivity contribution in [3.8, 4) is 11.1 Å². The number of carbonyl (C=O) groups excluding carboxylic acids is 1. The number of carboxylic acid groups (broad SMARTS) is 1. The number of aryl methyl sites for hydroxylation is 1. The molecule has 2 atom stereocenters. The van der Waals surface area contributed by atoms with Crippen molar-refractivity contribution in [3.63, 3.8) is 0 Å². The summed E-state index contributed by atoms with van der Waals surface area (Å²) in [6, 6.07) is 15.8. The Morgan fingerprint density at radius 2 is 1.88 bits per heavy atom. The molecule has 0 aliphatic carbocycles. The van der Waals surface area contributed by atoms with Gasteiger partial charge in [0.2, 0.25) is 0 Å². The van der Waals surface area contributed by atoms with Gasteiger partial charge in [-0.05, 0) is 87.8 Å². The summed E-state index contributed by atoms with van der Waals surface area (Å²) in [6.45, 7) is 1.97. The fraction of sp³-hybridized carbons (Fsp3) is 0.280. The molecule has 9 heteroatoms. The Bertz CT molecular complexity index is 1140. The van der Waals surface area contributed by atoms with Crippen LogP contribution >= 0.6 is 27.7 Å². The number of aliphatic carboxylic acids is 1. The van der Waals surface area contributed by atoms with Gasteiger partial charge in [0, 0.05) is 12.7 Å². The quantitative estimate of drug-likeness (QED) is 0.351. The van der Waals surface area contributed by atoms with Crippen LogP contribution in [0, 0.1) is 6.92 Å². The molecule has 1 amide bonds. The van der Waals surface area contributed by atoms with Crippen molar-refractivity contribution in [2.75, 3.05) is 19.1 Å². The van der Waals surface area contributed by atoms with Crippen LogP contribution in [-0.4, -0.2) is 61.0 Å². The molecule has 0 aliphatic rings. The minimum absolute atomic E-state index is 0. The van der Waals surface area contributed by atoms with Crippen LogP contribution in [-0.2, 0) is 9.53 Å². The van der Waals surface area contributed by atoms with Gasteiger partial charge in [-0.3, -0.25) is 4.79 Å². The Labute approximate surface area is 224 Å². The molecule has 0 aliphatic heterocycles. The van der Waals surface area contributed by atoms with Gasteiger partial charge in [0.25, 0.3) is 5.91 Å². The molecule has 6 nitrogen and oxygen atoms in total. The van der Waals surface area contributed by atoms with Crippen molar-refractivity contribution < 1.29 is 23.8 Å². The van der Waals surface area contributed by atoms with E-state index in [0.717, 1.165) is 16.7 Å². The van der Waals surface area contributed by atoms with Crippen LogP contribution in [0.4, 0.5) is 0 Å². The number of rotatable bonds is 10. The summed E-state index contributed by atoms with van der Waals surface area (Å²) in [5.74, 6) is -0.215. The van der Waals surface area contributed by atoms with Crippen molar-refractivity contribution in [2.24, 2.45) is 0 Å². The third-order valence-electron chi connectivity index (χ3n) is 5.33. The Morgan fingerprint density at radius 3 is 2.47 bits per heavy atom. The van der Waals surface area contributed by atoms with Gasteiger partial charge in [-0.25, -0.2) is 4.79 Å². The molecule has 2 N–H and O–H groups in total. The number of amides is 1. The molecule has 0 fully saturated rings. The van der Waals surface area contributed by atoms with Crippen LogP contribution < -0.4 is 5.32 Å². The number of nitrogens with one attached hydrogen (secondary N) is 1. The van der Waals surface area contributed by atoms with Crippen molar-refractivity contribution in [2.45, 2.75) is 25.5 Å². The number of halogens is 1. The first-order valence-electron chi connectivity index (χ1n) is 10.4. The molecule has 0 bridgehead atoms. The maximum atomic E-state index is 13.2. The molecule has 3 aromatic rings. The predicted molar refractivity (Wildman–Crippen MR) is 141 cm³/mol. The Hall–Kier alpha value is -1.95. The van der Waals surface area contributed by atoms with E-state index in [9.17, 15) is 14.7 Å². The second-order valence-corrected chi connectivity index (χ2v) is 9.29. The van der Waals surface area contributed by atoms with E-state index in [-0.39, 0.29) is 18.9 Å². The van der Waals surface area contributed by atoms with E-state index < -0.39 is 24.0 Å². The molecule has 1 aromatic heterocycles. The normalized spacial score (nSPS) is 12.5. The van der Waals surface area contributed by atoms with E-state index in [2.05, 4.69) is 21.2 Å². The fourth-order valence-corrected chi connectivity index (χ4v) is 4.43. The van der Waals surface area contributed by atoms with Gasteiger partial charge >= 0.3 is 24.8 Å². The summed E-state index contributed by atoms with van der Waals surface area (Å²) in [4.78, 5) is 24.9. The first-order valence-corrected chi connectivity index (χ1v) is 12.5. The molecule has 0 radical (unpaired) electrons. The molecule has 0 saturated carbocycles. The first-order chi connectivity index (χ1) is 15.8. The summed E-state index contributed by atoms with van der Waals surface area (Å²) < 4.78 is 12.0. The molecule has 2 unspecified atom stereocenters. The minimum atomic E-state index is -1.05. The summed E-state index contributed by atoms with van der Waals surface area (Å²) >= 11 is 4.86. The van der Waals surface area contributed by atoms with Gasteiger partial charge in [0.15, 0.2) is 4.67 Å². The number of carbonyl (C=O) groups is 2. The number of benzene rings is 2. The van der Waals surface area contributed by atoms with Crippen LogP contribution in [0.5, 0.6) is 0 Å². The van der Waals surface area contributed by atoms with Gasteiger partial charge in [0.1, 0.15) is 17.9 Å². The van der Waals surface area contributed by atoms with Gasteiger partial charge in [-0.2, -0.15) is 11.8 Å². The van der Waals surface area contributed by atoms with Gasteiger partial charge in [-0.1, -0.05) is 30.3 Å². The second kappa shape index (κ2) is 13.2. The van der Waals surface area contributed by atoms with Crippen LogP contribution in [0.15, 0.2) is 63.7 Å². The molecule has 0 saturated heterocycles. The van der Waals surface area contributed by atoms with E-state index in [1.54, 1.807) is 25.3 Å². The monoisotopic (exact) mass is 539 g/mol. The van der Waals surface area contributed by atoms with Gasteiger partial charge in [0.05, 0.1) is 0 Å². The second-order valence-electron chi connectivity index (χ2n) is 7.52. The Balaban J connectivity index is 0.00000408. The summed E-state index contributed by atoms with van der Waals surface area (Å²) in [5, 5.41) is 12.2. The van der Waals surface area contributed by atoms with Crippen LogP contribution in [0.3, 0.4) is 0 Å². The first kappa shape index (κ1) is 28.3. The fourth-order valence-electron chi connectivity index (χ4n) is 3.64. The van der Waals surface area contributed by atoms with E-state index in [0.29, 0.717) is 33.7 Å². The van der Waals surface area contributed by atoms with Crippen molar-refractivity contribution >= 4 is 58.4 Å². The summed E-state index contributed by atoms with van der Waals surface area (Å²) in [5.41, 5.74) is 3.79. The molecule has 1 heterocycles. The van der Waals surface area contributed by atoms with Crippen molar-refractivity contribution in [1.82, 2.24) is 5.32 Å². The molecule has 0 spiro atoms. The zero-order chi connectivity index (χ0) is 24.0. The van der Waals surface area contributed by atoms with Gasteiger partial charge in [-0.15, -0.1) is 0 Å². The molecule has 3 rings (SSSR count). The number of methoxy groups -OCH3 is 1. The van der Waals surface area contributed by atoms with E-state index >= 15 is 0 Å². The SMILES string of the molecule is COC(c1ccc(C(=O)NC(CCSC)C(=O)O)c(-c2ccccc2C)c1)c1ccc(Br)o1.[LiH]. The molecule has 176 valence electrons. The predicted octanol–water partition coefficient (Wildman–Crippen LogP) is 5.04. The van der Waals surface area contributed by atoms with E-state index in [1.807, 2.05) is 49.6 Å². The number of furan rings is 1. The third kappa shape index (κ3) is 6.80. The number of hydrogen-bond acceptors (Lipinski definition) is 5. The van der Waals surface area contributed by atoms with Crippen molar-refractivity contribution in [1.29, 1.82) is 0 Å². The molecular formula is C25H27BrLiNO5S. The van der Waals surface area contributed by atoms with E-state index in [1.165, 1.54) is 11.8 Å². The maximum absolute atomic E-state index is 13.2. The van der Waals surface area contributed by atoms with E-state index in [4.69, 9.17) is 9.15 Å². The number of thioether (sulfide) groups is 1. The Morgan fingerprint density at radius 1 is 1.15 bits per heavy atom.